The number of hydrogen-bond acceptors (Lipinski definition) is 3. The molecular formula is C14H26N4O. The molecule has 0 aromatic carbocycles. The average molecular weight is 266 g/mol. The van der Waals surface area contributed by atoms with Crippen LogP contribution in [0, 0.1) is 18.3 Å². The highest BCUT2D eigenvalue weighted by Crippen LogP contribution is 2.24. The fraction of sp³-hybridized carbons (Fsp3) is 0.714. The molecular weight excluding hydrogens is 240 g/mol. The third kappa shape index (κ3) is 3.49. The lowest BCUT2D eigenvalue weighted by Crippen LogP contribution is -2.35. The minimum absolute atomic E-state index is 0.143. The second kappa shape index (κ2) is 5.63. The molecule has 1 aromatic rings. The summed E-state index contributed by atoms with van der Waals surface area (Å²) in [6.45, 7) is 13.7. The van der Waals surface area contributed by atoms with E-state index in [1.807, 2.05) is 13.8 Å². The first-order chi connectivity index (χ1) is 8.68. The number of anilines is 1. The quantitative estimate of drug-likeness (QED) is 0.877. The molecule has 3 N–H and O–H groups in total. The van der Waals surface area contributed by atoms with E-state index in [9.17, 15) is 4.79 Å². The van der Waals surface area contributed by atoms with Gasteiger partial charge >= 0.3 is 0 Å². The van der Waals surface area contributed by atoms with Gasteiger partial charge in [0.15, 0.2) is 0 Å². The highest BCUT2D eigenvalue weighted by molar-refractivity contribution is 5.97. The number of rotatable bonds is 4. The van der Waals surface area contributed by atoms with Gasteiger partial charge in [-0.1, -0.05) is 27.7 Å². The van der Waals surface area contributed by atoms with E-state index in [2.05, 4.69) is 38.1 Å². The Hall–Kier alpha value is -1.52. The zero-order valence-electron chi connectivity index (χ0n) is 12.9. The van der Waals surface area contributed by atoms with E-state index in [4.69, 9.17) is 5.73 Å². The number of nitrogens with two attached hydrogens (primary N) is 1. The fourth-order valence-corrected chi connectivity index (χ4v) is 1.70. The van der Waals surface area contributed by atoms with Gasteiger partial charge in [0.05, 0.1) is 11.4 Å². The van der Waals surface area contributed by atoms with E-state index in [0.29, 0.717) is 36.1 Å². The minimum Gasteiger partial charge on any atom is -0.395 e. The summed E-state index contributed by atoms with van der Waals surface area (Å²) < 4.78 is 1.65. The van der Waals surface area contributed by atoms with Crippen molar-refractivity contribution in [2.24, 2.45) is 11.3 Å². The molecule has 19 heavy (non-hydrogen) atoms. The number of aromatic nitrogens is 2. The normalized spacial score (nSPS) is 13.4. The molecule has 0 bridgehead atoms. The van der Waals surface area contributed by atoms with Crippen LogP contribution in [-0.4, -0.2) is 22.2 Å². The topological polar surface area (TPSA) is 72.9 Å². The van der Waals surface area contributed by atoms with Crippen LogP contribution >= 0.6 is 0 Å². The van der Waals surface area contributed by atoms with Crippen molar-refractivity contribution in [3.63, 3.8) is 0 Å². The Bertz CT molecular complexity index is 457. The molecule has 0 fully saturated rings. The molecule has 0 aliphatic heterocycles. The van der Waals surface area contributed by atoms with Crippen molar-refractivity contribution >= 4 is 11.6 Å². The van der Waals surface area contributed by atoms with E-state index in [1.54, 1.807) is 4.68 Å². The molecule has 1 unspecified atom stereocenters. The van der Waals surface area contributed by atoms with Gasteiger partial charge in [0.2, 0.25) is 0 Å². The molecule has 0 aliphatic carbocycles. The van der Waals surface area contributed by atoms with Gasteiger partial charge in [-0.2, -0.15) is 5.10 Å². The third-order valence-corrected chi connectivity index (χ3v) is 3.74. The van der Waals surface area contributed by atoms with Gasteiger partial charge in [0.1, 0.15) is 5.69 Å². The average Bonchev–Trinajstić information content (AvgIpc) is 2.60. The van der Waals surface area contributed by atoms with Crippen LogP contribution < -0.4 is 11.1 Å². The molecule has 1 atom stereocenters. The number of aryl methyl sites for hydroxylation is 2. The molecule has 1 amide bonds. The summed E-state index contributed by atoms with van der Waals surface area (Å²) in [7, 11) is 0. The van der Waals surface area contributed by atoms with Gasteiger partial charge in [-0.05, 0) is 25.2 Å². The first-order valence-electron chi connectivity index (χ1n) is 6.79. The van der Waals surface area contributed by atoms with Gasteiger partial charge in [-0.15, -0.1) is 0 Å². The smallest absolute Gasteiger partial charge is 0.271 e. The highest BCUT2D eigenvalue weighted by Gasteiger charge is 2.23. The van der Waals surface area contributed by atoms with E-state index in [-0.39, 0.29) is 11.3 Å². The number of nitrogen functional groups attached to an aromatic ring is 1. The van der Waals surface area contributed by atoms with Crippen molar-refractivity contribution in [3.8, 4) is 0 Å². The summed E-state index contributed by atoms with van der Waals surface area (Å²) in [4.78, 5) is 12.2. The lowest BCUT2D eigenvalue weighted by atomic mass is 9.82. The predicted octanol–water partition coefficient (Wildman–Crippen LogP) is 2.21. The molecule has 0 saturated carbocycles. The van der Waals surface area contributed by atoms with Gasteiger partial charge in [0, 0.05) is 13.1 Å². The molecule has 1 heterocycles. The third-order valence-electron chi connectivity index (χ3n) is 3.74. The lowest BCUT2D eigenvalue weighted by Gasteiger charge is -2.27. The van der Waals surface area contributed by atoms with Crippen LogP contribution in [0.5, 0.6) is 0 Å². The van der Waals surface area contributed by atoms with Gasteiger partial charge < -0.3 is 11.1 Å². The Morgan fingerprint density at radius 1 is 1.47 bits per heavy atom. The Kier molecular flexibility index (Phi) is 4.61. The van der Waals surface area contributed by atoms with E-state index >= 15 is 0 Å². The van der Waals surface area contributed by atoms with Crippen molar-refractivity contribution < 1.29 is 4.79 Å². The van der Waals surface area contributed by atoms with Crippen molar-refractivity contribution in [2.75, 3.05) is 12.3 Å². The molecule has 0 spiro atoms. The summed E-state index contributed by atoms with van der Waals surface area (Å²) in [6, 6.07) is 0. The summed E-state index contributed by atoms with van der Waals surface area (Å²) in [5.41, 5.74) is 7.75. The highest BCUT2D eigenvalue weighted by atomic mass is 16.2. The van der Waals surface area contributed by atoms with Crippen LogP contribution in [0.4, 0.5) is 5.69 Å². The molecule has 0 aliphatic rings. The minimum atomic E-state index is -0.143. The maximum Gasteiger partial charge on any atom is 0.271 e. The fourth-order valence-electron chi connectivity index (χ4n) is 1.70. The second-order valence-corrected chi connectivity index (χ2v) is 6.14. The number of carbonyl (C=O) groups is 1. The van der Waals surface area contributed by atoms with Crippen molar-refractivity contribution in [3.05, 3.63) is 11.4 Å². The Labute approximate surface area is 115 Å². The SMILES string of the molecule is CCn1nc(C)c(N)c1C(=O)NCC(C)C(C)(C)C. The molecule has 1 rings (SSSR count). The molecule has 0 radical (unpaired) electrons. The van der Waals surface area contributed by atoms with Crippen LogP contribution in [0.3, 0.4) is 0 Å². The first kappa shape index (κ1) is 15.5. The van der Waals surface area contributed by atoms with Crippen molar-refractivity contribution in [2.45, 2.75) is 48.1 Å². The molecule has 1 aromatic heterocycles. The van der Waals surface area contributed by atoms with Crippen molar-refractivity contribution in [1.82, 2.24) is 15.1 Å². The van der Waals surface area contributed by atoms with E-state index in [0.717, 1.165) is 0 Å². The van der Waals surface area contributed by atoms with Gasteiger partial charge in [0.25, 0.3) is 5.91 Å². The number of amides is 1. The van der Waals surface area contributed by atoms with Gasteiger partial charge in [-0.25, -0.2) is 0 Å². The predicted molar refractivity (Wildman–Crippen MR) is 78.0 cm³/mol. The number of nitrogens with zero attached hydrogens (tertiary/aromatic N) is 2. The summed E-state index contributed by atoms with van der Waals surface area (Å²) >= 11 is 0. The van der Waals surface area contributed by atoms with E-state index in [1.165, 1.54) is 0 Å². The van der Waals surface area contributed by atoms with Crippen molar-refractivity contribution in [1.29, 1.82) is 0 Å². The van der Waals surface area contributed by atoms with Crippen LogP contribution in [0.25, 0.3) is 0 Å². The van der Waals surface area contributed by atoms with E-state index < -0.39 is 0 Å². The molecule has 5 heteroatoms. The molecule has 108 valence electrons. The molecule has 5 nitrogen and oxygen atoms in total. The van der Waals surface area contributed by atoms with Crippen LogP contribution in [0.2, 0.25) is 0 Å². The first-order valence-corrected chi connectivity index (χ1v) is 6.79. The maximum atomic E-state index is 12.2. The van der Waals surface area contributed by atoms with Gasteiger partial charge in [-0.3, -0.25) is 9.48 Å². The second-order valence-electron chi connectivity index (χ2n) is 6.14. The van der Waals surface area contributed by atoms with Crippen LogP contribution in [0.1, 0.15) is 50.8 Å². The number of carbonyl (C=O) groups excluding carboxylic acids is 1. The Morgan fingerprint density at radius 2 is 2.05 bits per heavy atom. The maximum absolute atomic E-state index is 12.2. The molecule has 0 saturated heterocycles. The zero-order chi connectivity index (χ0) is 14.8. The monoisotopic (exact) mass is 266 g/mol. The zero-order valence-corrected chi connectivity index (χ0v) is 12.9. The lowest BCUT2D eigenvalue weighted by molar-refractivity contribution is 0.0927. The summed E-state index contributed by atoms with van der Waals surface area (Å²) in [5, 5.41) is 7.21. The largest absolute Gasteiger partial charge is 0.395 e. The Morgan fingerprint density at radius 3 is 2.53 bits per heavy atom. The van der Waals surface area contributed by atoms with Crippen LogP contribution in [0.15, 0.2) is 0 Å². The number of hydrogen-bond donors (Lipinski definition) is 2. The number of nitrogens with one attached hydrogen (secondary N) is 1. The van der Waals surface area contributed by atoms with Crippen LogP contribution in [-0.2, 0) is 6.54 Å². The summed E-state index contributed by atoms with van der Waals surface area (Å²) in [5.74, 6) is 0.243. The summed E-state index contributed by atoms with van der Waals surface area (Å²) in [6.07, 6.45) is 0. The Balaban J connectivity index is 2.80. The standard InChI is InChI=1S/C14H26N4O/c1-7-18-12(11(15)10(3)17-18)13(19)16-8-9(2)14(4,5)6/h9H,7-8,15H2,1-6H3,(H,16,19).